The summed E-state index contributed by atoms with van der Waals surface area (Å²) >= 11 is 0. The van der Waals surface area contributed by atoms with E-state index in [1.807, 2.05) is 24.3 Å². The second-order valence-electron chi connectivity index (χ2n) is 3.91. The molecule has 0 bridgehead atoms. The number of ether oxygens (including phenoxy) is 2. The zero-order valence-corrected chi connectivity index (χ0v) is 10.2. The molecule has 1 aromatic rings. The number of amides is 1. The fourth-order valence-electron chi connectivity index (χ4n) is 1.63. The van der Waals surface area contributed by atoms with Crippen molar-refractivity contribution in [2.45, 2.75) is 13.2 Å². The Morgan fingerprint density at radius 1 is 1.44 bits per heavy atom. The van der Waals surface area contributed by atoms with E-state index in [4.69, 9.17) is 9.47 Å². The molecule has 4 nitrogen and oxygen atoms in total. The van der Waals surface area contributed by atoms with Crippen molar-refractivity contribution in [2.75, 3.05) is 19.8 Å². The van der Waals surface area contributed by atoms with Crippen LogP contribution in [0.25, 0.3) is 0 Å². The second kappa shape index (κ2) is 6.20. The van der Waals surface area contributed by atoms with Gasteiger partial charge in [-0.3, -0.25) is 4.79 Å². The molecule has 94 valence electrons. The highest BCUT2D eigenvalue weighted by molar-refractivity contribution is 5.73. The highest BCUT2D eigenvalue weighted by Crippen LogP contribution is 2.23. The number of nitrogens with one attached hydrogen (secondary N) is 1. The van der Waals surface area contributed by atoms with E-state index in [9.17, 15) is 4.79 Å². The molecule has 1 aliphatic rings. The van der Waals surface area contributed by atoms with E-state index < -0.39 is 0 Å². The first-order valence-electron chi connectivity index (χ1n) is 5.82. The second-order valence-corrected chi connectivity index (χ2v) is 3.91. The third-order valence-corrected chi connectivity index (χ3v) is 2.44. The maximum Gasteiger partial charge on any atom is 0.217 e. The molecule has 0 spiro atoms. The molecule has 0 aromatic heterocycles. The van der Waals surface area contributed by atoms with Gasteiger partial charge in [-0.15, -0.1) is 0 Å². The van der Waals surface area contributed by atoms with Crippen LogP contribution in [0.1, 0.15) is 24.3 Å². The lowest BCUT2D eigenvalue weighted by molar-refractivity contribution is -0.118. The number of benzene rings is 1. The largest absolute Gasteiger partial charge is 0.346 e. The first kappa shape index (κ1) is 12.6. The summed E-state index contributed by atoms with van der Waals surface area (Å²) in [4.78, 5) is 10.7. The Morgan fingerprint density at radius 3 is 2.94 bits per heavy atom. The van der Waals surface area contributed by atoms with Crippen molar-refractivity contribution < 1.29 is 14.3 Å². The van der Waals surface area contributed by atoms with E-state index in [1.165, 1.54) is 6.92 Å². The van der Waals surface area contributed by atoms with Gasteiger partial charge in [-0.05, 0) is 12.1 Å². The molecule has 1 heterocycles. The summed E-state index contributed by atoms with van der Waals surface area (Å²) in [6.45, 7) is 3.08. The SMILES string of the molecule is CC(=O)NCC#Cc1cccc(C2OCCO2)c1. The van der Waals surface area contributed by atoms with Crippen LogP contribution in [-0.4, -0.2) is 25.7 Å². The molecule has 1 saturated heterocycles. The molecule has 1 N–H and O–H groups in total. The molecule has 0 atom stereocenters. The molecule has 2 rings (SSSR count). The third kappa shape index (κ3) is 3.59. The molecular formula is C14H15NO3. The maximum absolute atomic E-state index is 10.7. The van der Waals surface area contributed by atoms with E-state index >= 15 is 0 Å². The quantitative estimate of drug-likeness (QED) is 0.797. The topological polar surface area (TPSA) is 47.6 Å². The lowest BCUT2D eigenvalue weighted by Crippen LogP contribution is -2.19. The minimum atomic E-state index is -0.276. The Labute approximate surface area is 106 Å². The highest BCUT2D eigenvalue weighted by atomic mass is 16.7. The molecule has 0 saturated carbocycles. The van der Waals surface area contributed by atoms with E-state index in [1.54, 1.807) is 0 Å². The van der Waals surface area contributed by atoms with Crippen LogP contribution in [0.2, 0.25) is 0 Å². The van der Waals surface area contributed by atoms with Gasteiger partial charge in [0.15, 0.2) is 6.29 Å². The number of rotatable bonds is 2. The molecule has 0 radical (unpaired) electrons. The lowest BCUT2D eigenvalue weighted by atomic mass is 10.1. The molecule has 1 fully saturated rings. The van der Waals surface area contributed by atoms with Crippen LogP contribution in [0.15, 0.2) is 24.3 Å². The fourth-order valence-corrected chi connectivity index (χ4v) is 1.63. The van der Waals surface area contributed by atoms with Crippen molar-refractivity contribution in [1.29, 1.82) is 0 Å². The highest BCUT2D eigenvalue weighted by Gasteiger charge is 2.17. The van der Waals surface area contributed by atoms with Gasteiger partial charge in [0.25, 0.3) is 0 Å². The van der Waals surface area contributed by atoms with Crippen molar-refractivity contribution in [1.82, 2.24) is 5.32 Å². The average Bonchev–Trinajstić information content (AvgIpc) is 2.89. The number of hydrogen-bond acceptors (Lipinski definition) is 3. The van der Waals surface area contributed by atoms with Gasteiger partial charge in [-0.2, -0.15) is 0 Å². The molecule has 1 aliphatic heterocycles. The zero-order chi connectivity index (χ0) is 12.8. The first-order valence-corrected chi connectivity index (χ1v) is 5.82. The molecule has 0 unspecified atom stereocenters. The number of carbonyl (C=O) groups excluding carboxylic acids is 1. The van der Waals surface area contributed by atoms with Gasteiger partial charge in [-0.1, -0.05) is 24.0 Å². The molecule has 1 aromatic carbocycles. The van der Waals surface area contributed by atoms with Gasteiger partial charge in [-0.25, -0.2) is 0 Å². The molecule has 4 heteroatoms. The van der Waals surface area contributed by atoms with Crippen LogP contribution >= 0.6 is 0 Å². The summed E-state index contributed by atoms with van der Waals surface area (Å²) in [5.41, 5.74) is 1.86. The van der Waals surface area contributed by atoms with Crippen molar-refractivity contribution in [3.05, 3.63) is 35.4 Å². The van der Waals surface area contributed by atoms with E-state index in [0.717, 1.165) is 11.1 Å². The van der Waals surface area contributed by atoms with Crippen LogP contribution < -0.4 is 5.32 Å². The minimum absolute atomic E-state index is 0.0780. The molecule has 18 heavy (non-hydrogen) atoms. The van der Waals surface area contributed by atoms with Crippen molar-refractivity contribution in [2.24, 2.45) is 0 Å². The summed E-state index contributed by atoms with van der Waals surface area (Å²) in [5.74, 6) is 5.80. The van der Waals surface area contributed by atoms with Crippen LogP contribution in [0.3, 0.4) is 0 Å². The van der Waals surface area contributed by atoms with Gasteiger partial charge in [0.1, 0.15) is 0 Å². The molecular weight excluding hydrogens is 230 g/mol. The van der Waals surface area contributed by atoms with Crippen LogP contribution in [0.5, 0.6) is 0 Å². The van der Waals surface area contributed by atoms with Gasteiger partial charge < -0.3 is 14.8 Å². The van der Waals surface area contributed by atoms with Crippen molar-refractivity contribution in [3.63, 3.8) is 0 Å². The third-order valence-electron chi connectivity index (χ3n) is 2.44. The first-order chi connectivity index (χ1) is 8.75. The van der Waals surface area contributed by atoms with Crippen LogP contribution in [-0.2, 0) is 14.3 Å². The number of hydrogen-bond donors (Lipinski definition) is 1. The number of carbonyl (C=O) groups is 1. The zero-order valence-electron chi connectivity index (χ0n) is 10.2. The normalized spacial score (nSPS) is 14.9. The molecule has 0 aliphatic carbocycles. The Balaban J connectivity index is 2.00. The Bertz CT molecular complexity index is 481. The maximum atomic E-state index is 10.7. The van der Waals surface area contributed by atoms with Crippen molar-refractivity contribution >= 4 is 5.91 Å². The van der Waals surface area contributed by atoms with Gasteiger partial charge >= 0.3 is 0 Å². The summed E-state index contributed by atoms with van der Waals surface area (Å²) in [6, 6.07) is 7.73. The Hall–Kier alpha value is -1.83. The minimum Gasteiger partial charge on any atom is -0.346 e. The van der Waals surface area contributed by atoms with E-state index in [2.05, 4.69) is 17.2 Å². The summed E-state index contributed by atoms with van der Waals surface area (Å²) in [7, 11) is 0. The van der Waals surface area contributed by atoms with Crippen molar-refractivity contribution in [3.8, 4) is 11.8 Å². The van der Waals surface area contributed by atoms with E-state index in [0.29, 0.717) is 19.8 Å². The van der Waals surface area contributed by atoms with Crippen LogP contribution in [0.4, 0.5) is 0 Å². The lowest BCUT2D eigenvalue weighted by Gasteiger charge is -2.08. The van der Waals surface area contributed by atoms with Gasteiger partial charge in [0.05, 0.1) is 19.8 Å². The van der Waals surface area contributed by atoms with Gasteiger partial charge in [0, 0.05) is 18.1 Å². The standard InChI is InChI=1S/C14H15NO3/c1-11(16)15-7-3-5-12-4-2-6-13(10-12)14-17-8-9-18-14/h2,4,6,10,14H,7-9H2,1H3,(H,15,16). The van der Waals surface area contributed by atoms with Crippen LogP contribution in [0, 0.1) is 11.8 Å². The molecule has 1 amide bonds. The Kier molecular flexibility index (Phi) is 4.35. The summed E-state index contributed by atoms with van der Waals surface area (Å²) in [5, 5.41) is 2.62. The average molecular weight is 245 g/mol. The predicted molar refractivity (Wildman–Crippen MR) is 66.6 cm³/mol. The summed E-state index contributed by atoms with van der Waals surface area (Å²) < 4.78 is 10.8. The Morgan fingerprint density at radius 2 is 2.22 bits per heavy atom. The smallest absolute Gasteiger partial charge is 0.217 e. The van der Waals surface area contributed by atoms with Gasteiger partial charge in [0.2, 0.25) is 5.91 Å². The fraction of sp³-hybridized carbons (Fsp3) is 0.357. The van der Waals surface area contributed by atoms with E-state index in [-0.39, 0.29) is 12.2 Å². The predicted octanol–water partition coefficient (Wildman–Crippen LogP) is 1.22. The monoisotopic (exact) mass is 245 g/mol. The summed E-state index contributed by atoms with van der Waals surface area (Å²) in [6.07, 6.45) is -0.276.